The second-order valence-corrected chi connectivity index (χ2v) is 11.3. The number of aryl methyl sites for hydroxylation is 1. The monoisotopic (exact) mass is 583 g/mol. The topological polar surface area (TPSA) is 64.6 Å². The molecule has 1 aromatic rings. The van der Waals surface area contributed by atoms with E-state index in [9.17, 15) is 9.59 Å². The predicted octanol–water partition coefficient (Wildman–Crippen LogP) is 9.69. The summed E-state index contributed by atoms with van der Waals surface area (Å²) < 4.78 is 10.6. The number of benzene rings is 1. The van der Waals surface area contributed by atoms with Crippen LogP contribution in [0.5, 0.6) is 0 Å². The van der Waals surface area contributed by atoms with E-state index in [1.165, 1.54) is 76.2 Å². The van der Waals surface area contributed by atoms with Gasteiger partial charge in [-0.15, -0.1) is 0 Å². The minimum Gasteiger partial charge on any atom is -0.461 e. The van der Waals surface area contributed by atoms with Crippen LogP contribution in [0.1, 0.15) is 145 Å². The summed E-state index contributed by atoms with van der Waals surface area (Å²) >= 11 is 0. The maximum Gasteiger partial charge on any atom is 0.338 e. The molecule has 0 saturated heterocycles. The predicted molar refractivity (Wildman–Crippen MR) is 177 cm³/mol. The molecule has 1 aromatic carbocycles. The quantitative estimate of drug-likeness (QED) is 0.0604. The fraction of sp³-hybridized carbons (Fsp3) is 0.676. The van der Waals surface area contributed by atoms with Crippen LogP contribution >= 0.6 is 0 Å². The summed E-state index contributed by atoms with van der Waals surface area (Å²) in [4.78, 5) is 24.0. The number of carbonyl (C=O) groups is 2. The highest BCUT2D eigenvalue weighted by Gasteiger charge is 2.06. The van der Waals surface area contributed by atoms with Gasteiger partial charge in [-0.25, -0.2) is 4.79 Å². The highest BCUT2D eigenvalue weighted by molar-refractivity contribution is 5.89. The van der Waals surface area contributed by atoms with Gasteiger partial charge in [0.25, 0.3) is 0 Å². The van der Waals surface area contributed by atoms with Gasteiger partial charge < -0.3 is 14.8 Å². The number of hydrogen-bond acceptors (Lipinski definition) is 5. The zero-order valence-electron chi connectivity index (χ0n) is 27.0. The molecule has 0 aromatic heterocycles. The first-order valence-electron chi connectivity index (χ1n) is 17.1. The third-order valence-electron chi connectivity index (χ3n) is 7.43. The van der Waals surface area contributed by atoms with Gasteiger partial charge in [0.05, 0.1) is 5.56 Å². The van der Waals surface area contributed by atoms with Crippen molar-refractivity contribution in [1.82, 2.24) is 5.32 Å². The Bertz CT molecular complexity index is 831. The van der Waals surface area contributed by atoms with Crippen molar-refractivity contribution in [3.05, 3.63) is 59.7 Å². The van der Waals surface area contributed by atoms with Gasteiger partial charge in [-0.05, 0) is 88.6 Å². The summed E-state index contributed by atoms with van der Waals surface area (Å²) in [6, 6.07) is 7.84. The van der Waals surface area contributed by atoms with Crippen molar-refractivity contribution in [2.24, 2.45) is 0 Å². The number of carbonyl (C=O) groups excluding carboxylic acids is 2. The van der Waals surface area contributed by atoms with Crippen molar-refractivity contribution in [3.8, 4) is 0 Å². The van der Waals surface area contributed by atoms with Gasteiger partial charge in [-0.2, -0.15) is 0 Å². The van der Waals surface area contributed by atoms with Crippen LogP contribution in [0.2, 0.25) is 0 Å². The smallest absolute Gasteiger partial charge is 0.338 e. The standard InChI is InChI=1S/C37H61NO4/c1-3-5-7-9-11-16-22-32-41-36(39)25-18-14-13-15-20-30-38-31-21-19-24-34-26-28-35(29-27-34)37(40)42-33-23-17-12-10-8-6-4-2/h16-17,22-23,26-29,38H,3-15,18-21,24-25,30-33H2,1-2H3/b22-16-,23-17-. The molecular weight excluding hydrogens is 522 g/mol. The Labute approximate surface area is 257 Å². The van der Waals surface area contributed by atoms with E-state index in [1.807, 2.05) is 36.4 Å². The van der Waals surface area contributed by atoms with Gasteiger partial charge in [-0.1, -0.05) is 108 Å². The number of ether oxygens (including phenoxy) is 2. The first kappa shape index (κ1) is 37.6. The summed E-state index contributed by atoms with van der Waals surface area (Å²) in [5, 5.41) is 3.55. The molecule has 42 heavy (non-hydrogen) atoms. The Morgan fingerprint density at radius 2 is 1.17 bits per heavy atom. The Hall–Kier alpha value is -2.40. The van der Waals surface area contributed by atoms with E-state index in [0.717, 1.165) is 58.0 Å². The van der Waals surface area contributed by atoms with E-state index < -0.39 is 0 Å². The van der Waals surface area contributed by atoms with Crippen molar-refractivity contribution in [2.45, 2.75) is 136 Å². The molecule has 5 heteroatoms. The van der Waals surface area contributed by atoms with E-state index in [0.29, 0.717) is 25.2 Å². The summed E-state index contributed by atoms with van der Waals surface area (Å²) in [5.41, 5.74) is 1.88. The minimum atomic E-state index is -0.254. The average Bonchev–Trinajstić information content (AvgIpc) is 3.00. The zero-order chi connectivity index (χ0) is 30.4. The Kier molecular flexibility index (Phi) is 25.7. The van der Waals surface area contributed by atoms with E-state index >= 15 is 0 Å². The van der Waals surface area contributed by atoms with Crippen molar-refractivity contribution >= 4 is 11.9 Å². The molecule has 0 bridgehead atoms. The SMILES string of the molecule is CCCCCC/C=C\COC(=O)CCCCCCCNCCCCc1ccc(C(=O)OC/C=C\CCCCCC)cc1. The number of hydrogen-bond donors (Lipinski definition) is 1. The summed E-state index contributed by atoms with van der Waals surface area (Å²) in [6.45, 7) is 7.28. The minimum absolute atomic E-state index is 0.0718. The Morgan fingerprint density at radius 3 is 1.81 bits per heavy atom. The molecule has 0 amide bonds. The third kappa shape index (κ3) is 23.2. The lowest BCUT2D eigenvalue weighted by Gasteiger charge is -2.06. The maximum absolute atomic E-state index is 12.2. The fourth-order valence-electron chi connectivity index (χ4n) is 4.73. The lowest BCUT2D eigenvalue weighted by Crippen LogP contribution is -2.16. The molecule has 0 fully saturated rings. The molecule has 0 aliphatic heterocycles. The van der Waals surface area contributed by atoms with Gasteiger partial charge >= 0.3 is 11.9 Å². The van der Waals surface area contributed by atoms with Crippen molar-refractivity contribution < 1.29 is 19.1 Å². The van der Waals surface area contributed by atoms with Crippen LogP contribution in [-0.4, -0.2) is 38.2 Å². The van der Waals surface area contributed by atoms with Crippen LogP contribution in [0.3, 0.4) is 0 Å². The first-order chi connectivity index (χ1) is 20.7. The van der Waals surface area contributed by atoms with E-state index in [4.69, 9.17) is 9.47 Å². The highest BCUT2D eigenvalue weighted by Crippen LogP contribution is 2.10. The molecule has 1 rings (SSSR count). The molecule has 0 aliphatic carbocycles. The van der Waals surface area contributed by atoms with Crippen LogP contribution in [0.25, 0.3) is 0 Å². The molecule has 0 atom stereocenters. The number of allylic oxidation sites excluding steroid dienone is 2. The van der Waals surface area contributed by atoms with Crippen molar-refractivity contribution in [3.63, 3.8) is 0 Å². The van der Waals surface area contributed by atoms with Gasteiger partial charge in [0.15, 0.2) is 0 Å². The van der Waals surface area contributed by atoms with Gasteiger partial charge in [0.1, 0.15) is 13.2 Å². The number of rotatable bonds is 28. The molecule has 0 unspecified atom stereocenters. The lowest BCUT2D eigenvalue weighted by atomic mass is 10.1. The molecule has 0 heterocycles. The number of nitrogens with one attached hydrogen (secondary N) is 1. The van der Waals surface area contributed by atoms with Gasteiger partial charge in [0.2, 0.25) is 0 Å². The zero-order valence-corrected chi connectivity index (χ0v) is 27.0. The van der Waals surface area contributed by atoms with Crippen molar-refractivity contribution in [1.29, 1.82) is 0 Å². The molecule has 1 N–H and O–H groups in total. The first-order valence-corrected chi connectivity index (χ1v) is 17.1. The maximum atomic E-state index is 12.2. The van der Waals surface area contributed by atoms with Crippen LogP contribution in [0, 0.1) is 0 Å². The molecule has 0 aliphatic rings. The van der Waals surface area contributed by atoms with Crippen LogP contribution in [0.4, 0.5) is 0 Å². The molecule has 0 radical (unpaired) electrons. The van der Waals surface area contributed by atoms with Gasteiger partial charge in [-0.3, -0.25) is 4.79 Å². The average molecular weight is 584 g/mol. The molecular formula is C37H61NO4. The van der Waals surface area contributed by atoms with Crippen LogP contribution in [-0.2, 0) is 20.7 Å². The third-order valence-corrected chi connectivity index (χ3v) is 7.43. The van der Waals surface area contributed by atoms with E-state index in [-0.39, 0.29) is 11.9 Å². The molecule has 0 spiro atoms. The van der Waals surface area contributed by atoms with Crippen LogP contribution in [0.15, 0.2) is 48.6 Å². The summed E-state index contributed by atoms with van der Waals surface area (Å²) in [5.74, 6) is -0.326. The summed E-state index contributed by atoms with van der Waals surface area (Å²) in [6.07, 6.45) is 29.8. The molecule has 238 valence electrons. The summed E-state index contributed by atoms with van der Waals surface area (Å²) in [7, 11) is 0. The Morgan fingerprint density at radius 1 is 0.619 bits per heavy atom. The number of unbranched alkanes of at least 4 members (excludes halogenated alkanes) is 13. The lowest BCUT2D eigenvalue weighted by molar-refractivity contribution is -0.142. The second kappa shape index (κ2) is 28.7. The van der Waals surface area contributed by atoms with E-state index in [1.54, 1.807) is 0 Å². The number of esters is 2. The second-order valence-electron chi connectivity index (χ2n) is 11.3. The molecule has 5 nitrogen and oxygen atoms in total. The fourth-order valence-corrected chi connectivity index (χ4v) is 4.73. The van der Waals surface area contributed by atoms with Crippen LogP contribution < -0.4 is 5.32 Å². The molecule has 0 saturated carbocycles. The van der Waals surface area contributed by atoms with Crippen molar-refractivity contribution in [2.75, 3.05) is 26.3 Å². The van der Waals surface area contributed by atoms with E-state index in [2.05, 4.69) is 31.3 Å². The highest BCUT2D eigenvalue weighted by atomic mass is 16.5. The Balaban J connectivity index is 1.92. The van der Waals surface area contributed by atoms with Gasteiger partial charge in [0, 0.05) is 6.42 Å². The largest absolute Gasteiger partial charge is 0.461 e. The normalized spacial score (nSPS) is 11.5.